The van der Waals surface area contributed by atoms with Crippen molar-refractivity contribution in [3.05, 3.63) is 22.4 Å². The summed E-state index contributed by atoms with van der Waals surface area (Å²) in [4.78, 5) is 11.4. The number of hydrogen-bond donors (Lipinski definition) is 2. The highest BCUT2D eigenvalue weighted by molar-refractivity contribution is 9.10. The number of ether oxygens (including phenoxy) is 1. The molecule has 100 valence electrons. The predicted octanol–water partition coefficient (Wildman–Crippen LogP) is 2.32. The molecule has 0 atom stereocenters. The number of anilines is 1. The third-order valence-electron chi connectivity index (χ3n) is 2.12. The molecular weight excluding hydrogens is 303 g/mol. The normalized spacial score (nSPS) is 10.5. The number of nitrogens with one attached hydrogen (secondary N) is 1. The molecule has 0 aromatic heterocycles. The number of amides is 1. The van der Waals surface area contributed by atoms with Crippen molar-refractivity contribution in [2.75, 3.05) is 18.9 Å². The van der Waals surface area contributed by atoms with Gasteiger partial charge in [0.25, 0.3) is 5.91 Å². The molecule has 0 unspecified atom stereocenters. The van der Waals surface area contributed by atoms with Gasteiger partial charge in [-0.05, 0) is 27.9 Å². The molecule has 0 heterocycles. The lowest BCUT2D eigenvalue weighted by Gasteiger charge is -2.11. The molecule has 1 aromatic carbocycles. The molecular formula is C12H16BrFN2O2. The van der Waals surface area contributed by atoms with E-state index in [2.05, 4.69) is 21.2 Å². The molecule has 1 rings (SSSR count). The molecule has 18 heavy (non-hydrogen) atoms. The fourth-order valence-electron chi connectivity index (χ4n) is 1.18. The van der Waals surface area contributed by atoms with E-state index in [1.807, 2.05) is 13.8 Å². The third-order valence-corrected chi connectivity index (χ3v) is 2.73. The molecule has 1 amide bonds. The maximum atomic E-state index is 13.3. The van der Waals surface area contributed by atoms with Gasteiger partial charge in [0, 0.05) is 12.6 Å². The van der Waals surface area contributed by atoms with Gasteiger partial charge >= 0.3 is 0 Å². The van der Waals surface area contributed by atoms with Crippen LogP contribution in [0.1, 0.15) is 13.8 Å². The van der Waals surface area contributed by atoms with E-state index in [9.17, 15) is 9.18 Å². The van der Waals surface area contributed by atoms with Crippen LogP contribution < -0.4 is 15.8 Å². The summed E-state index contributed by atoms with van der Waals surface area (Å²) in [5.41, 5.74) is 5.92. The highest BCUT2D eigenvalue weighted by Gasteiger charge is 2.09. The fraction of sp³-hybridized carbons (Fsp3) is 0.417. The highest BCUT2D eigenvalue weighted by Crippen LogP contribution is 2.28. The zero-order valence-corrected chi connectivity index (χ0v) is 11.9. The van der Waals surface area contributed by atoms with E-state index in [1.165, 1.54) is 6.07 Å². The first-order chi connectivity index (χ1) is 8.40. The van der Waals surface area contributed by atoms with Gasteiger partial charge in [-0.2, -0.15) is 0 Å². The number of rotatable bonds is 5. The molecule has 0 fully saturated rings. The van der Waals surface area contributed by atoms with E-state index in [1.54, 1.807) is 0 Å². The van der Waals surface area contributed by atoms with Crippen molar-refractivity contribution in [3.63, 3.8) is 0 Å². The molecule has 0 radical (unpaired) electrons. The van der Waals surface area contributed by atoms with Crippen molar-refractivity contribution in [1.82, 2.24) is 5.32 Å². The molecule has 0 aliphatic heterocycles. The molecule has 1 aromatic rings. The van der Waals surface area contributed by atoms with E-state index in [0.717, 1.165) is 6.07 Å². The predicted molar refractivity (Wildman–Crippen MR) is 71.9 cm³/mol. The summed E-state index contributed by atoms with van der Waals surface area (Å²) in [6, 6.07) is 2.55. The Labute approximate surface area is 114 Å². The lowest BCUT2D eigenvalue weighted by Crippen LogP contribution is -2.31. The minimum absolute atomic E-state index is 0.162. The SMILES string of the molecule is CC(C)CNC(=O)COc1cc(F)c(Br)cc1N. The van der Waals surface area contributed by atoms with Crippen LogP contribution in [0.4, 0.5) is 10.1 Å². The monoisotopic (exact) mass is 318 g/mol. The number of benzene rings is 1. The molecule has 3 N–H and O–H groups in total. The van der Waals surface area contributed by atoms with Crippen LogP contribution >= 0.6 is 15.9 Å². The summed E-state index contributed by atoms with van der Waals surface area (Å²) < 4.78 is 18.7. The number of nitrogens with two attached hydrogens (primary N) is 1. The van der Waals surface area contributed by atoms with Crippen molar-refractivity contribution in [3.8, 4) is 5.75 Å². The summed E-state index contributed by atoms with van der Waals surface area (Å²) in [7, 11) is 0. The standard InChI is InChI=1S/C12H16BrFN2O2/c1-7(2)5-16-12(17)6-18-11-4-9(14)8(13)3-10(11)15/h3-4,7H,5-6,15H2,1-2H3,(H,16,17). The van der Waals surface area contributed by atoms with E-state index >= 15 is 0 Å². The fourth-order valence-corrected chi connectivity index (χ4v) is 1.54. The minimum atomic E-state index is -0.484. The quantitative estimate of drug-likeness (QED) is 0.819. The Morgan fingerprint density at radius 1 is 1.56 bits per heavy atom. The van der Waals surface area contributed by atoms with Crippen LogP contribution in [-0.2, 0) is 4.79 Å². The van der Waals surface area contributed by atoms with Crippen LogP contribution in [0.2, 0.25) is 0 Å². The van der Waals surface area contributed by atoms with E-state index in [-0.39, 0.29) is 28.4 Å². The second-order valence-corrected chi connectivity index (χ2v) is 5.15. The van der Waals surface area contributed by atoms with Crippen molar-refractivity contribution < 1.29 is 13.9 Å². The van der Waals surface area contributed by atoms with Crippen molar-refractivity contribution in [2.24, 2.45) is 5.92 Å². The van der Waals surface area contributed by atoms with Gasteiger partial charge in [0.2, 0.25) is 0 Å². The number of carbonyl (C=O) groups excluding carboxylic acids is 1. The van der Waals surface area contributed by atoms with Crippen LogP contribution in [0.25, 0.3) is 0 Å². The lowest BCUT2D eigenvalue weighted by atomic mass is 10.2. The maximum absolute atomic E-state index is 13.3. The van der Waals surface area contributed by atoms with Crippen molar-refractivity contribution in [2.45, 2.75) is 13.8 Å². The summed E-state index contributed by atoms with van der Waals surface area (Å²) in [5.74, 6) is -0.215. The van der Waals surface area contributed by atoms with Crippen LogP contribution in [0.5, 0.6) is 5.75 Å². The molecule has 0 saturated carbocycles. The number of nitrogen functional groups attached to an aromatic ring is 1. The van der Waals surface area contributed by atoms with Gasteiger partial charge in [0.05, 0.1) is 10.2 Å². The third kappa shape index (κ3) is 4.52. The second-order valence-electron chi connectivity index (χ2n) is 4.29. The Hall–Kier alpha value is -1.30. The lowest BCUT2D eigenvalue weighted by molar-refractivity contribution is -0.123. The molecule has 0 saturated heterocycles. The van der Waals surface area contributed by atoms with Gasteiger partial charge in [-0.3, -0.25) is 4.79 Å². The second kappa shape index (κ2) is 6.58. The van der Waals surface area contributed by atoms with Gasteiger partial charge in [0.15, 0.2) is 6.61 Å². The topological polar surface area (TPSA) is 64.3 Å². The number of hydrogen-bond acceptors (Lipinski definition) is 3. The van der Waals surface area contributed by atoms with Gasteiger partial charge in [-0.1, -0.05) is 13.8 Å². The van der Waals surface area contributed by atoms with Gasteiger partial charge in [-0.15, -0.1) is 0 Å². The average Bonchev–Trinajstić information content (AvgIpc) is 2.29. The molecule has 0 aliphatic carbocycles. The Morgan fingerprint density at radius 2 is 2.22 bits per heavy atom. The Bertz CT molecular complexity index is 438. The summed E-state index contributed by atoms with van der Waals surface area (Å²) in [6.45, 7) is 4.37. The van der Waals surface area contributed by atoms with E-state index in [4.69, 9.17) is 10.5 Å². The Morgan fingerprint density at radius 3 is 2.83 bits per heavy atom. The Balaban J connectivity index is 2.53. The summed E-state index contributed by atoms with van der Waals surface area (Å²) in [6.07, 6.45) is 0. The van der Waals surface area contributed by atoms with E-state index < -0.39 is 5.82 Å². The maximum Gasteiger partial charge on any atom is 0.257 e. The molecule has 4 nitrogen and oxygen atoms in total. The van der Waals surface area contributed by atoms with Crippen LogP contribution in [0.15, 0.2) is 16.6 Å². The molecule has 0 bridgehead atoms. The van der Waals surface area contributed by atoms with Crippen LogP contribution in [0, 0.1) is 11.7 Å². The number of halogens is 2. The van der Waals surface area contributed by atoms with Crippen LogP contribution in [0.3, 0.4) is 0 Å². The average molecular weight is 319 g/mol. The zero-order valence-electron chi connectivity index (χ0n) is 10.3. The first kappa shape index (κ1) is 14.8. The molecule has 0 spiro atoms. The highest BCUT2D eigenvalue weighted by atomic mass is 79.9. The van der Waals surface area contributed by atoms with Gasteiger partial charge in [0.1, 0.15) is 11.6 Å². The zero-order chi connectivity index (χ0) is 13.7. The molecule has 0 aliphatic rings. The van der Waals surface area contributed by atoms with Crippen molar-refractivity contribution >= 4 is 27.5 Å². The molecule has 6 heteroatoms. The van der Waals surface area contributed by atoms with E-state index in [0.29, 0.717) is 12.5 Å². The first-order valence-corrected chi connectivity index (χ1v) is 6.33. The van der Waals surface area contributed by atoms with Gasteiger partial charge < -0.3 is 15.8 Å². The van der Waals surface area contributed by atoms with Crippen LogP contribution in [-0.4, -0.2) is 19.1 Å². The minimum Gasteiger partial charge on any atom is -0.482 e. The Kier molecular flexibility index (Phi) is 5.40. The van der Waals surface area contributed by atoms with Crippen molar-refractivity contribution in [1.29, 1.82) is 0 Å². The largest absolute Gasteiger partial charge is 0.482 e. The number of carbonyl (C=O) groups is 1. The summed E-state index contributed by atoms with van der Waals surface area (Å²) >= 11 is 3.01. The first-order valence-electron chi connectivity index (χ1n) is 5.54. The summed E-state index contributed by atoms with van der Waals surface area (Å²) in [5, 5.41) is 2.69. The van der Waals surface area contributed by atoms with Gasteiger partial charge in [-0.25, -0.2) is 4.39 Å². The smallest absolute Gasteiger partial charge is 0.257 e.